The van der Waals surface area contributed by atoms with E-state index >= 15 is 0 Å². The van der Waals surface area contributed by atoms with Crippen LogP contribution < -0.4 is 26.0 Å². The Labute approximate surface area is 367 Å². The number of aromatic nitrogens is 1. The van der Waals surface area contributed by atoms with E-state index in [0.717, 1.165) is 12.1 Å². The number of rotatable bonds is 12. The van der Waals surface area contributed by atoms with Gasteiger partial charge in [0.2, 0.25) is 23.9 Å². The molecule has 5 N–H and O–H groups in total. The summed E-state index contributed by atoms with van der Waals surface area (Å²) in [6.45, 7) is 7.93. The molecule has 0 aliphatic carbocycles. The van der Waals surface area contributed by atoms with Gasteiger partial charge in [-0.25, -0.2) is 22.8 Å². The molecule has 2 saturated heterocycles. The van der Waals surface area contributed by atoms with Crippen LogP contribution in [0.15, 0.2) is 54.6 Å². The first-order valence-corrected chi connectivity index (χ1v) is 21.2. The van der Waals surface area contributed by atoms with Crippen molar-refractivity contribution in [3.63, 3.8) is 0 Å². The highest BCUT2D eigenvalue weighted by molar-refractivity contribution is 6.01. The molecule has 64 heavy (non-hydrogen) atoms. The maximum Gasteiger partial charge on any atom is 0.407 e. The molecule has 0 radical (unpaired) electrons. The number of aliphatic hydroxyl groups is 1. The average Bonchev–Trinajstić information content (AvgIpc) is 4.05. The molecule has 1 aromatic heterocycles. The Kier molecular flexibility index (Phi) is 13.4. The van der Waals surface area contributed by atoms with E-state index in [0.29, 0.717) is 72.3 Å². The molecule has 0 spiro atoms. The zero-order chi connectivity index (χ0) is 46.1. The quantitative estimate of drug-likeness (QED) is 0.104. The Morgan fingerprint density at radius 2 is 1.38 bits per heavy atom. The summed E-state index contributed by atoms with van der Waals surface area (Å²) in [6.07, 6.45) is -1.87. The Morgan fingerprint density at radius 3 is 2.03 bits per heavy atom. The molecular formula is C45H52F3N7O9. The molecule has 3 aliphatic heterocycles. The Bertz CT molecular complexity index is 2440. The fraction of sp³-hybridized carbons (Fsp3) is 0.444. The zero-order valence-corrected chi connectivity index (χ0v) is 36.2. The van der Waals surface area contributed by atoms with Gasteiger partial charge >= 0.3 is 12.2 Å². The molecule has 1 unspecified atom stereocenters. The second kappa shape index (κ2) is 18.8. The van der Waals surface area contributed by atoms with Crippen molar-refractivity contribution in [3.05, 3.63) is 77.6 Å². The second-order valence-corrected chi connectivity index (χ2v) is 16.9. The van der Waals surface area contributed by atoms with Crippen molar-refractivity contribution < 1.29 is 56.5 Å². The van der Waals surface area contributed by atoms with Gasteiger partial charge in [0.15, 0.2) is 17.5 Å². The van der Waals surface area contributed by atoms with Gasteiger partial charge in [0.1, 0.15) is 24.1 Å². The third kappa shape index (κ3) is 9.04. The van der Waals surface area contributed by atoms with Crippen LogP contribution in [0.2, 0.25) is 0 Å². The minimum atomic E-state index is -1.64. The van der Waals surface area contributed by atoms with Gasteiger partial charge in [-0.3, -0.25) is 19.3 Å². The van der Waals surface area contributed by atoms with Crippen LogP contribution in [0.25, 0.3) is 22.2 Å². The number of aliphatic hydroxyl groups excluding tert-OH is 1. The first kappa shape index (κ1) is 45.7. The van der Waals surface area contributed by atoms with Crippen molar-refractivity contribution in [2.24, 2.45) is 11.8 Å². The molecule has 19 heteroatoms. The van der Waals surface area contributed by atoms with Crippen molar-refractivity contribution >= 4 is 52.2 Å². The van der Waals surface area contributed by atoms with Crippen LogP contribution in [0.3, 0.4) is 0 Å². The number of fused-ring (bicyclic) bond motifs is 5. The molecule has 5 amide bonds. The van der Waals surface area contributed by atoms with E-state index in [9.17, 15) is 42.3 Å². The van der Waals surface area contributed by atoms with Crippen molar-refractivity contribution in [1.29, 1.82) is 0 Å². The minimum absolute atomic E-state index is 0.0455. The SMILES string of the molecule is COC(=O)N[C@@H](C(C)C)C(O)N1CCC[C@H]1C(=O)Nc1ccc2c(c1)O[C@@H](c1cc(F)c(F)c(F)c1)n1c-2cc2cc(NC(=O)[C@@H]3CCCN3C(=O)[C@@H](NC(=O)OC)C(C)C)ccc21. The fourth-order valence-electron chi connectivity index (χ4n) is 8.80. The molecule has 342 valence electrons. The van der Waals surface area contributed by atoms with E-state index in [1.807, 2.05) is 13.8 Å². The topological polar surface area (TPSA) is 193 Å². The standard InChI is InChI=1S/C45H52F3N7O9/c1-22(2)37(51-44(60)62-5)41(58)53-15-7-9-32(53)39(56)49-26-12-14-31-24(17-26)20-34-28-13-11-27(21-35(28)64-43(55(31)34)25-18-29(46)36(48)30(47)19-25)50-40(57)33-10-8-16-54(33)42(59)38(23(3)4)52-45(61)63-6/h11-14,17-23,32-33,37-38,42-43,59H,7-10,15-16H2,1-6H3,(H,49,56)(H,50,57)(H,51,60)(H,52,61)/t32-,33-,37-,38-,42?,43-/m0/s1. The number of carbonyl (C=O) groups excluding carboxylic acids is 5. The summed E-state index contributed by atoms with van der Waals surface area (Å²) in [7, 11) is 2.42. The lowest BCUT2D eigenvalue weighted by atomic mass is 10.0. The number of alkyl carbamates (subject to hydrolysis) is 2. The molecule has 6 atom stereocenters. The van der Waals surface area contributed by atoms with E-state index in [1.54, 1.807) is 65.8 Å². The normalized spacial score (nSPS) is 19.6. The highest BCUT2D eigenvalue weighted by Crippen LogP contribution is 2.46. The fourth-order valence-corrected chi connectivity index (χ4v) is 8.80. The lowest BCUT2D eigenvalue weighted by molar-refractivity contribution is -0.139. The van der Waals surface area contributed by atoms with E-state index in [2.05, 4.69) is 21.3 Å². The van der Waals surface area contributed by atoms with E-state index in [-0.39, 0.29) is 23.1 Å². The van der Waals surface area contributed by atoms with Gasteiger partial charge in [-0.2, -0.15) is 0 Å². The predicted molar refractivity (Wildman–Crippen MR) is 229 cm³/mol. The third-order valence-electron chi connectivity index (χ3n) is 12.1. The van der Waals surface area contributed by atoms with Crippen LogP contribution in [0.5, 0.6) is 5.75 Å². The van der Waals surface area contributed by atoms with Crippen molar-refractivity contribution in [2.75, 3.05) is 37.9 Å². The molecular weight excluding hydrogens is 840 g/mol. The number of halogens is 3. The summed E-state index contributed by atoms with van der Waals surface area (Å²) in [4.78, 5) is 68.3. The number of benzene rings is 3. The molecule has 3 aliphatic rings. The number of hydrogen-bond acceptors (Lipinski definition) is 10. The van der Waals surface area contributed by atoms with Crippen LogP contribution in [0, 0.1) is 29.3 Å². The summed E-state index contributed by atoms with van der Waals surface area (Å²) in [5.74, 6) is -5.98. The zero-order valence-electron chi connectivity index (χ0n) is 36.2. The predicted octanol–water partition coefficient (Wildman–Crippen LogP) is 6.08. The number of nitrogens with zero attached hydrogens (tertiary/aromatic N) is 3. The molecule has 3 aromatic carbocycles. The third-order valence-corrected chi connectivity index (χ3v) is 12.1. The highest BCUT2D eigenvalue weighted by Gasteiger charge is 2.41. The van der Waals surface area contributed by atoms with E-state index < -0.39 is 84.0 Å². The monoisotopic (exact) mass is 891 g/mol. The molecule has 4 heterocycles. The van der Waals surface area contributed by atoms with Crippen molar-refractivity contribution in [2.45, 2.75) is 90.0 Å². The van der Waals surface area contributed by atoms with Crippen LogP contribution in [-0.2, 0) is 23.9 Å². The smallest absolute Gasteiger partial charge is 0.407 e. The number of methoxy groups -OCH3 is 2. The first-order valence-electron chi connectivity index (χ1n) is 21.2. The number of carbonyl (C=O) groups is 5. The molecule has 2 fully saturated rings. The summed E-state index contributed by atoms with van der Waals surface area (Å²) in [6, 6.07) is 10.3. The number of amides is 5. The van der Waals surface area contributed by atoms with Gasteiger partial charge in [0.25, 0.3) is 0 Å². The van der Waals surface area contributed by atoms with Crippen molar-refractivity contribution in [3.8, 4) is 17.0 Å². The molecule has 0 saturated carbocycles. The minimum Gasteiger partial charge on any atom is -0.465 e. The summed E-state index contributed by atoms with van der Waals surface area (Å²) >= 11 is 0. The van der Waals surface area contributed by atoms with Crippen LogP contribution in [-0.4, -0.2) is 107 Å². The summed E-state index contributed by atoms with van der Waals surface area (Å²) in [5, 5.41) is 23.0. The molecule has 7 rings (SSSR count). The number of hydrogen-bond donors (Lipinski definition) is 5. The average molecular weight is 892 g/mol. The maximum absolute atomic E-state index is 14.8. The van der Waals surface area contributed by atoms with Crippen LogP contribution in [0.1, 0.15) is 65.2 Å². The Morgan fingerprint density at radius 1 is 0.766 bits per heavy atom. The number of anilines is 2. The summed E-state index contributed by atoms with van der Waals surface area (Å²) in [5.41, 5.74) is 2.30. The largest absolute Gasteiger partial charge is 0.465 e. The van der Waals surface area contributed by atoms with Gasteiger partial charge in [-0.15, -0.1) is 0 Å². The van der Waals surface area contributed by atoms with Gasteiger partial charge in [-0.1, -0.05) is 27.7 Å². The molecule has 16 nitrogen and oxygen atoms in total. The number of ether oxygens (including phenoxy) is 3. The molecule has 0 bridgehead atoms. The number of likely N-dealkylation sites (tertiary alicyclic amines) is 2. The second-order valence-electron chi connectivity index (χ2n) is 16.9. The maximum atomic E-state index is 14.8. The van der Waals surface area contributed by atoms with Crippen molar-refractivity contribution in [1.82, 2.24) is 25.0 Å². The Balaban J connectivity index is 1.17. The lowest BCUT2D eigenvalue weighted by Gasteiger charge is -2.36. The molecule has 4 aromatic rings. The van der Waals surface area contributed by atoms with E-state index in [4.69, 9.17) is 14.2 Å². The van der Waals surface area contributed by atoms with E-state index in [1.165, 1.54) is 19.1 Å². The van der Waals surface area contributed by atoms with Gasteiger partial charge in [0.05, 0.1) is 37.5 Å². The van der Waals surface area contributed by atoms with Crippen LogP contribution >= 0.6 is 0 Å². The van der Waals surface area contributed by atoms with Gasteiger partial charge in [-0.05, 0) is 86.1 Å². The summed E-state index contributed by atoms with van der Waals surface area (Å²) < 4.78 is 61.4. The highest BCUT2D eigenvalue weighted by atomic mass is 19.2. The number of nitrogens with one attached hydrogen (secondary N) is 4. The van der Waals surface area contributed by atoms with Crippen LogP contribution in [0.4, 0.5) is 34.1 Å². The van der Waals surface area contributed by atoms with Gasteiger partial charge in [0, 0.05) is 47.0 Å². The Hall–Kier alpha value is -6.34. The van der Waals surface area contributed by atoms with Gasteiger partial charge < -0.3 is 50.1 Å². The lowest BCUT2D eigenvalue weighted by Crippen LogP contribution is -2.57. The first-order chi connectivity index (χ1) is 30.5.